The summed E-state index contributed by atoms with van der Waals surface area (Å²) in [6.45, 7) is 5.72. The predicted octanol–water partition coefficient (Wildman–Crippen LogP) is 4.46. The first-order valence-electron chi connectivity index (χ1n) is 12.2. The van der Waals surface area contributed by atoms with Gasteiger partial charge in [-0.05, 0) is 49.4 Å². The van der Waals surface area contributed by atoms with Crippen molar-refractivity contribution in [3.05, 3.63) is 59.7 Å². The van der Waals surface area contributed by atoms with E-state index >= 15 is 0 Å². The van der Waals surface area contributed by atoms with Gasteiger partial charge in [-0.2, -0.15) is 0 Å². The Kier molecular flexibility index (Phi) is 9.52. The van der Waals surface area contributed by atoms with Crippen molar-refractivity contribution in [1.82, 2.24) is 10.2 Å². The molecule has 2 unspecified atom stereocenters. The van der Waals surface area contributed by atoms with E-state index in [4.69, 9.17) is 9.47 Å². The van der Waals surface area contributed by atoms with E-state index in [0.717, 1.165) is 24.2 Å². The third kappa shape index (κ3) is 7.21. The molecular weight excluding hydrogens is 446 g/mol. The van der Waals surface area contributed by atoms with Crippen LogP contribution in [0.25, 0.3) is 0 Å². The number of likely N-dealkylation sites (tertiary alicyclic amines) is 1. The van der Waals surface area contributed by atoms with Crippen LogP contribution in [0, 0.1) is 11.8 Å². The number of urea groups is 1. The number of piperidine rings is 1. The standard InChI is InChI=1S/C27H35N3O5/c1-4-19-18-30(27(33)29-23-11-8-10-21(15-23)26(32)35-5-2)14-13-20(19)16-25(31)28-17-22-9-6-7-12-24(22)34-3/h6-12,15,19-20H,4-5,13-14,16-18H2,1-3H3,(H,28,31)(H,29,33). The van der Waals surface area contributed by atoms with Gasteiger partial charge in [-0.3, -0.25) is 4.79 Å². The van der Waals surface area contributed by atoms with Crippen LogP contribution < -0.4 is 15.4 Å². The number of esters is 1. The number of rotatable bonds is 9. The molecule has 2 atom stereocenters. The Labute approximate surface area is 207 Å². The summed E-state index contributed by atoms with van der Waals surface area (Å²) in [7, 11) is 1.62. The summed E-state index contributed by atoms with van der Waals surface area (Å²) in [6.07, 6.45) is 2.08. The lowest BCUT2D eigenvalue weighted by atomic mass is 9.81. The third-order valence-corrected chi connectivity index (χ3v) is 6.44. The summed E-state index contributed by atoms with van der Waals surface area (Å²) in [4.78, 5) is 39.3. The first-order valence-corrected chi connectivity index (χ1v) is 12.2. The number of para-hydroxylation sites is 1. The van der Waals surface area contributed by atoms with Gasteiger partial charge in [-0.1, -0.05) is 37.6 Å². The fourth-order valence-corrected chi connectivity index (χ4v) is 4.49. The lowest BCUT2D eigenvalue weighted by Gasteiger charge is -2.38. The molecule has 188 valence electrons. The van der Waals surface area contributed by atoms with Crippen LogP contribution in [-0.2, 0) is 16.1 Å². The Hall–Kier alpha value is -3.55. The number of nitrogens with zero attached hydrogens (tertiary/aromatic N) is 1. The number of anilines is 1. The highest BCUT2D eigenvalue weighted by Gasteiger charge is 2.31. The maximum atomic E-state index is 12.9. The van der Waals surface area contributed by atoms with E-state index in [9.17, 15) is 14.4 Å². The molecule has 8 nitrogen and oxygen atoms in total. The van der Waals surface area contributed by atoms with E-state index < -0.39 is 5.97 Å². The summed E-state index contributed by atoms with van der Waals surface area (Å²) in [6, 6.07) is 14.2. The number of methoxy groups -OCH3 is 1. The van der Waals surface area contributed by atoms with Gasteiger partial charge in [0, 0.05) is 37.3 Å². The number of benzene rings is 2. The molecule has 0 bridgehead atoms. The van der Waals surface area contributed by atoms with Crippen molar-refractivity contribution in [2.45, 2.75) is 39.7 Å². The maximum absolute atomic E-state index is 12.9. The molecule has 1 fully saturated rings. The van der Waals surface area contributed by atoms with Gasteiger partial charge >= 0.3 is 12.0 Å². The Morgan fingerprint density at radius 1 is 1.06 bits per heavy atom. The van der Waals surface area contributed by atoms with Crippen LogP contribution in [0.1, 0.15) is 49.0 Å². The molecule has 2 aromatic rings. The van der Waals surface area contributed by atoms with E-state index in [1.807, 2.05) is 24.3 Å². The summed E-state index contributed by atoms with van der Waals surface area (Å²) in [5.74, 6) is 0.796. The number of hydrogen-bond donors (Lipinski definition) is 2. The monoisotopic (exact) mass is 481 g/mol. The third-order valence-electron chi connectivity index (χ3n) is 6.44. The van der Waals surface area contributed by atoms with Crippen molar-refractivity contribution >= 4 is 23.6 Å². The molecule has 2 N–H and O–H groups in total. The Morgan fingerprint density at radius 2 is 1.86 bits per heavy atom. The molecule has 0 radical (unpaired) electrons. The van der Waals surface area contributed by atoms with Gasteiger partial charge in [0.1, 0.15) is 5.75 Å². The zero-order valence-electron chi connectivity index (χ0n) is 20.7. The second kappa shape index (κ2) is 12.8. The number of carbonyl (C=O) groups excluding carboxylic acids is 3. The van der Waals surface area contributed by atoms with Crippen molar-refractivity contribution in [3.8, 4) is 5.75 Å². The smallest absolute Gasteiger partial charge is 0.338 e. The quantitative estimate of drug-likeness (QED) is 0.516. The van der Waals surface area contributed by atoms with E-state index in [1.165, 1.54) is 0 Å². The van der Waals surface area contributed by atoms with Crippen molar-refractivity contribution < 1.29 is 23.9 Å². The molecule has 1 heterocycles. The number of ether oxygens (including phenoxy) is 2. The van der Waals surface area contributed by atoms with Crippen molar-refractivity contribution in [1.29, 1.82) is 0 Å². The van der Waals surface area contributed by atoms with Crippen LogP contribution in [0.15, 0.2) is 48.5 Å². The van der Waals surface area contributed by atoms with Crippen LogP contribution in [0.3, 0.4) is 0 Å². The zero-order chi connectivity index (χ0) is 25.2. The maximum Gasteiger partial charge on any atom is 0.338 e. The molecule has 0 spiro atoms. The number of hydrogen-bond acceptors (Lipinski definition) is 5. The molecule has 1 aliphatic heterocycles. The Morgan fingerprint density at radius 3 is 2.60 bits per heavy atom. The molecule has 1 aliphatic rings. The van der Waals surface area contributed by atoms with E-state index in [1.54, 1.807) is 43.2 Å². The number of nitrogens with one attached hydrogen (secondary N) is 2. The first-order chi connectivity index (χ1) is 16.9. The average molecular weight is 482 g/mol. The largest absolute Gasteiger partial charge is 0.496 e. The van der Waals surface area contributed by atoms with Gasteiger partial charge in [-0.15, -0.1) is 0 Å². The summed E-state index contributed by atoms with van der Waals surface area (Å²) in [5, 5.41) is 5.89. The van der Waals surface area contributed by atoms with Gasteiger partial charge < -0.3 is 25.0 Å². The van der Waals surface area contributed by atoms with Gasteiger partial charge in [0.25, 0.3) is 0 Å². The molecule has 2 aromatic carbocycles. The fourth-order valence-electron chi connectivity index (χ4n) is 4.49. The van der Waals surface area contributed by atoms with E-state index in [2.05, 4.69) is 17.6 Å². The molecule has 1 saturated heterocycles. The average Bonchev–Trinajstić information content (AvgIpc) is 2.88. The second-order valence-electron chi connectivity index (χ2n) is 8.69. The normalized spacial score (nSPS) is 17.4. The minimum atomic E-state index is -0.417. The lowest BCUT2D eigenvalue weighted by molar-refractivity contribution is -0.123. The van der Waals surface area contributed by atoms with E-state index in [-0.39, 0.29) is 23.8 Å². The summed E-state index contributed by atoms with van der Waals surface area (Å²) >= 11 is 0. The van der Waals surface area contributed by atoms with Crippen LogP contribution in [0.2, 0.25) is 0 Å². The Bertz CT molecular complexity index is 1030. The minimum Gasteiger partial charge on any atom is -0.496 e. The van der Waals surface area contributed by atoms with Crippen LogP contribution in [0.5, 0.6) is 5.75 Å². The Balaban J connectivity index is 1.52. The highest BCUT2D eigenvalue weighted by Crippen LogP contribution is 2.29. The molecule has 35 heavy (non-hydrogen) atoms. The van der Waals surface area contributed by atoms with Crippen molar-refractivity contribution in [2.24, 2.45) is 11.8 Å². The SMILES string of the molecule is CCOC(=O)c1cccc(NC(=O)N2CCC(CC(=O)NCc3ccccc3OC)C(CC)C2)c1. The molecule has 3 amide bonds. The van der Waals surface area contributed by atoms with Crippen molar-refractivity contribution in [3.63, 3.8) is 0 Å². The second-order valence-corrected chi connectivity index (χ2v) is 8.69. The number of carbonyl (C=O) groups is 3. The topological polar surface area (TPSA) is 97.0 Å². The molecule has 3 rings (SSSR count). The fraction of sp³-hybridized carbons (Fsp3) is 0.444. The van der Waals surface area contributed by atoms with Gasteiger partial charge in [-0.25, -0.2) is 9.59 Å². The molecule has 8 heteroatoms. The van der Waals surface area contributed by atoms with Crippen LogP contribution in [0.4, 0.5) is 10.5 Å². The van der Waals surface area contributed by atoms with Gasteiger partial charge in [0.2, 0.25) is 5.91 Å². The number of amides is 3. The molecular formula is C27H35N3O5. The molecule has 0 saturated carbocycles. The molecule has 0 aliphatic carbocycles. The highest BCUT2D eigenvalue weighted by atomic mass is 16.5. The van der Waals surface area contributed by atoms with Gasteiger partial charge in [0.05, 0.1) is 19.3 Å². The lowest BCUT2D eigenvalue weighted by Crippen LogP contribution is -2.46. The van der Waals surface area contributed by atoms with Crippen molar-refractivity contribution in [2.75, 3.05) is 32.1 Å². The first kappa shape index (κ1) is 26.1. The summed E-state index contributed by atoms with van der Waals surface area (Å²) in [5.41, 5.74) is 1.88. The summed E-state index contributed by atoms with van der Waals surface area (Å²) < 4.78 is 10.4. The zero-order valence-corrected chi connectivity index (χ0v) is 20.7. The van der Waals surface area contributed by atoms with E-state index in [0.29, 0.717) is 43.9 Å². The predicted molar refractivity (Wildman–Crippen MR) is 134 cm³/mol. The van der Waals surface area contributed by atoms with Crippen LogP contribution >= 0.6 is 0 Å². The molecule has 0 aromatic heterocycles. The van der Waals surface area contributed by atoms with Gasteiger partial charge in [0.15, 0.2) is 0 Å². The van der Waals surface area contributed by atoms with Crippen LogP contribution in [-0.4, -0.2) is 49.6 Å². The highest BCUT2D eigenvalue weighted by molar-refractivity contribution is 5.94. The minimum absolute atomic E-state index is 0.00744.